The molecule has 7 heteroatoms. The van der Waals surface area contributed by atoms with E-state index >= 15 is 0 Å². The Bertz CT molecular complexity index is 763. The van der Waals surface area contributed by atoms with Crippen molar-refractivity contribution >= 4 is 11.8 Å². The number of aromatic nitrogens is 1. The molecule has 150 valence electrons. The van der Waals surface area contributed by atoms with Gasteiger partial charge >= 0.3 is 0 Å². The largest absolute Gasteiger partial charge is 0.375 e. The number of ether oxygens (including phenoxy) is 1. The zero-order valence-corrected chi connectivity index (χ0v) is 16.5. The zero-order valence-electron chi connectivity index (χ0n) is 16.5. The van der Waals surface area contributed by atoms with E-state index in [9.17, 15) is 4.39 Å². The fraction of sp³-hybridized carbons (Fsp3) is 0.429. The lowest BCUT2D eigenvalue weighted by Crippen LogP contribution is -2.41. The second-order valence-electron chi connectivity index (χ2n) is 6.88. The summed E-state index contributed by atoms with van der Waals surface area (Å²) in [5, 5.41) is 6.57. The molecule has 6 nitrogen and oxygen atoms in total. The predicted octanol–water partition coefficient (Wildman–Crippen LogP) is 2.35. The van der Waals surface area contributed by atoms with Crippen LogP contribution in [0.4, 0.5) is 10.2 Å². The summed E-state index contributed by atoms with van der Waals surface area (Å²) in [7, 11) is 1.74. The van der Waals surface area contributed by atoms with Gasteiger partial charge in [-0.2, -0.15) is 0 Å². The molecule has 0 aliphatic carbocycles. The van der Waals surface area contributed by atoms with Gasteiger partial charge in [-0.15, -0.1) is 0 Å². The number of anilines is 1. The molecule has 0 saturated carbocycles. The van der Waals surface area contributed by atoms with Gasteiger partial charge in [-0.25, -0.2) is 9.37 Å². The summed E-state index contributed by atoms with van der Waals surface area (Å²) in [5.41, 5.74) is 2.17. The van der Waals surface area contributed by atoms with Gasteiger partial charge in [0.25, 0.3) is 0 Å². The molecular weight excluding hydrogens is 357 g/mol. The van der Waals surface area contributed by atoms with Gasteiger partial charge in [0.2, 0.25) is 0 Å². The van der Waals surface area contributed by atoms with Crippen LogP contribution < -0.4 is 15.5 Å². The zero-order chi connectivity index (χ0) is 19.8. The van der Waals surface area contributed by atoms with Gasteiger partial charge < -0.3 is 20.3 Å². The summed E-state index contributed by atoms with van der Waals surface area (Å²) in [6, 6.07) is 10.7. The molecule has 0 radical (unpaired) electrons. The van der Waals surface area contributed by atoms with Crippen molar-refractivity contribution in [2.75, 3.05) is 38.2 Å². The molecule has 2 heterocycles. The number of nitrogens with zero attached hydrogens (tertiary/aromatic N) is 3. The van der Waals surface area contributed by atoms with E-state index in [2.05, 4.69) is 44.6 Å². The topological polar surface area (TPSA) is 61.8 Å². The van der Waals surface area contributed by atoms with Crippen LogP contribution in [0.15, 0.2) is 47.6 Å². The van der Waals surface area contributed by atoms with Crippen molar-refractivity contribution in [2.24, 2.45) is 4.99 Å². The summed E-state index contributed by atoms with van der Waals surface area (Å²) in [6.45, 7) is 5.93. The van der Waals surface area contributed by atoms with Gasteiger partial charge in [0.15, 0.2) is 5.96 Å². The Morgan fingerprint density at radius 3 is 2.68 bits per heavy atom. The van der Waals surface area contributed by atoms with Crippen molar-refractivity contribution in [3.63, 3.8) is 0 Å². The molecule has 1 aliphatic rings. The normalized spacial score (nSPS) is 17.5. The van der Waals surface area contributed by atoms with Crippen LogP contribution in [0.3, 0.4) is 0 Å². The highest BCUT2D eigenvalue weighted by Gasteiger charge is 2.17. The maximum Gasteiger partial charge on any atom is 0.191 e. The van der Waals surface area contributed by atoms with E-state index in [0.29, 0.717) is 6.54 Å². The predicted molar refractivity (Wildman–Crippen MR) is 110 cm³/mol. The third-order valence-corrected chi connectivity index (χ3v) is 4.68. The van der Waals surface area contributed by atoms with Gasteiger partial charge in [-0.3, -0.25) is 4.99 Å². The highest BCUT2D eigenvalue weighted by atomic mass is 19.1. The average molecular weight is 385 g/mol. The summed E-state index contributed by atoms with van der Waals surface area (Å²) >= 11 is 0. The number of pyridine rings is 1. The number of morpholine rings is 1. The lowest BCUT2D eigenvalue weighted by molar-refractivity contribution is 0.0529. The van der Waals surface area contributed by atoms with Crippen LogP contribution in [0.25, 0.3) is 0 Å². The van der Waals surface area contributed by atoms with E-state index in [1.165, 1.54) is 12.1 Å². The quantitative estimate of drug-likeness (QED) is 0.590. The van der Waals surface area contributed by atoms with Crippen LogP contribution in [-0.4, -0.2) is 50.3 Å². The minimum atomic E-state index is -0.211. The fourth-order valence-electron chi connectivity index (χ4n) is 3.12. The van der Waals surface area contributed by atoms with E-state index < -0.39 is 0 Å². The van der Waals surface area contributed by atoms with Gasteiger partial charge in [0.05, 0.1) is 12.7 Å². The second kappa shape index (κ2) is 10.0. The molecule has 0 bridgehead atoms. The molecule has 1 aromatic carbocycles. The molecule has 0 amide bonds. The van der Waals surface area contributed by atoms with Crippen molar-refractivity contribution in [3.8, 4) is 0 Å². The fourth-order valence-corrected chi connectivity index (χ4v) is 3.12. The van der Waals surface area contributed by atoms with Gasteiger partial charge in [-0.1, -0.05) is 18.2 Å². The van der Waals surface area contributed by atoms with Crippen molar-refractivity contribution < 1.29 is 9.13 Å². The summed E-state index contributed by atoms with van der Waals surface area (Å²) in [5.74, 6) is 1.51. The number of rotatable bonds is 6. The smallest absolute Gasteiger partial charge is 0.191 e. The first-order valence-corrected chi connectivity index (χ1v) is 9.64. The van der Waals surface area contributed by atoms with Crippen molar-refractivity contribution in [1.82, 2.24) is 15.6 Å². The lowest BCUT2D eigenvalue weighted by atomic mass is 10.1. The number of halogens is 1. The highest BCUT2D eigenvalue weighted by molar-refractivity contribution is 5.79. The Kier molecular flexibility index (Phi) is 7.19. The first-order chi connectivity index (χ1) is 13.6. The molecule has 1 atom stereocenters. The van der Waals surface area contributed by atoms with Crippen LogP contribution >= 0.6 is 0 Å². The first-order valence-electron chi connectivity index (χ1n) is 9.64. The molecule has 28 heavy (non-hydrogen) atoms. The number of aliphatic imine (C=N–C) groups is 1. The molecule has 1 unspecified atom stereocenters. The molecule has 2 N–H and O–H groups in total. The Labute approximate surface area is 165 Å². The SMILES string of the molecule is CN=C(NCCc1ccc(F)cc1)NCc1ccc(N2CCOC(C)C2)nc1. The number of guanidine groups is 1. The summed E-state index contributed by atoms with van der Waals surface area (Å²) < 4.78 is 18.5. The highest BCUT2D eigenvalue weighted by Crippen LogP contribution is 2.15. The summed E-state index contributed by atoms with van der Waals surface area (Å²) in [4.78, 5) is 11.1. The van der Waals surface area contributed by atoms with E-state index in [4.69, 9.17) is 4.74 Å². The maximum atomic E-state index is 12.9. The van der Waals surface area contributed by atoms with Crippen LogP contribution in [-0.2, 0) is 17.7 Å². The van der Waals surface area contributed by atoms with Crippen LogP contribution in [0.5, 0.6) is 0 Å². The third-order valence-electron chi connectivity index (χ3n) is 4.68. The molecule has 1 fully saturated rings. The molecular formula is C21H28FN5O. The van der Waals surface area contributed by atoms with Crippen LogP contribution in [0.1, 0.15) is 18.1 Å². The van der Waals surface area contributed by atoms with Crippen molar-refractivity contribution in [2.45, 2.75) is 26.0 Å². The lowest BCUT2D eigenvalue weighted by Gasteiger charge is -2.32. The van der Waals surface area contributed by atoms with Gasteiger partial charge in [0, 0.05) is 39.4 Å². The molecule has 3 rings (SSSR count). The van der Waals surface area contributed by atoms with Crippen molar-refractivity contribution in [1.29, 1.82) is 0 Å². The maximum absolute atomic E-state index is 12.9. The number of nitrogens with one attached hydrogen (secondary N) is 2. The number of benzene rings is 1. The molecule has 1 aliphatic heterocycles. The molecule has 1 aromatic heterocycles. The second-order valence-corrected chi connectivity index (χ2v) is 6.88. The molecule has 2 aromatic rings. The van der Waals surface area contributed by atoms with E-state index in [1.54, 1.807) is 19.2 Å². The minimum absolute atomic E-state index is 0.211. The Morgan fingerprint density at radius 1 is 1.21 bits per heavy atom. The Hall–Kier alpha value is -2.67. The Morgan fingerprint density at radius 2 is 2.00 bits per heavy atom. The van der Waals surface area contributed by atoms with Crippen LogP contribution in [0, 0.1) is 5.82 Å². The van der Waals surface area contributed by atoms with Gasteiger partial charge in [-0.05, 0) is 42.7 Å². The van der Waals surface area contributed by atoms with Crippen molar-refractivity contribution in [3.05, 3.63) is 59.5 Å². The minimum Gasteiger partial charge on any atom is -0.375 e. The number of hydrogen-bond acceptors (Lipinski definition) is 4. The van der Waals surface area contributed by atoms with Gasteiger partial charge in [0.1, 0.15) is 11.6 Å². The molecule has 0 spiro atoms. The number of hydrogen-bond donors (Lipinski definition) is 2. The van der Waals surface area contributed by atoms with E-state index in [1.807, 2.05) is 6.20 Å². The Balaban J connectivity index is 1.43. The first kappa shape index (κ1) is 20.1. The van der Waals surface area contributed by atoms with E-state index in [0.717, 1.165) is 55.6 Å². The standard InChI is InChI=1S/C21H28FN5O/c1-16-15-27(11-12-28-16)20-8-5-18(13-25-20)14-26-21(23-2)24-10-9-17-3-6-19(22)7-4-17/h3-8,13,16H,9-12,14-15H2,1-2H3,(H2,23,24,26). The monoisotopic (exact) mass is 385 g/mol. The molecule has 1 saturated heterocycles. The third kappa shape index (κ3) is 5.92. The average Bonchev–Trinajstić information content (AvgIpc) is 2.72. The van der Waals surface area contributed by atoms with Crippen LogP contribution in [0.2, 0.25) is 0 Å². The summed E-state index contributed by atoms with van der Waals surface area (Å²) in [6.07, 6.45) is 2.94. The van der Waals surface area contributed by atoms with E-state index in [-0.39, 0.29) is 11.9 Å².